The van der Waals surface area contributed by atoms with Crippen LogP contribution in [0.2, 0.25) is 0 Å². The summed E-state index contributed by atoms with van der Waals surface area (Å²) < 4.78 is 2.08. The van der Waals surface area contributed by atoms with Crippen molar-refractivity contribution in [1.82, 2.24) is 9.78 Å². The van der Waals surface area contributed by atoms with E-state index in [2.05, 4.69) is 107 Å². The summed E-state index contributed by atoms with van der Waals surface area (Å²) in [4.78, 5) is 1.17. The molecule has 0 bridgehead atoms. The Morgan fingerprint density at radius 1 is 0.607 bits per heavy atom. The van der Waals surface area contributed by atoms with E-state index >= 15 is 0 Å². The zero-order valence-corrected chi connectivity index (χ0v) is 16.0. The van der Waals surface area contributed by atoms with E-state index in [1.54, 1.807) is 11.3 Å². The molecule has 0 radical (unpaired) electrons. The van der Waals surface area contributed by atoms with Gasteiger partial charge >= 0.3 is 0 Å². The molecule has 0 spiro atoms. The Bertz CT molecular complexity index is 1180. The number of hydrogen-bond donors (Lipinski definition) is 0. The van der Waals surface area contributed by atoms with E-state index in [0.29, 0.717) is 0 Å². The van der Waals surface area contributed by atoms with Crippen LogP contribution in [0.3, 0.4) is 0 Å². The van der Waals surface area contributed by atoms with Crippen LogP contribution in [0.5, 0.6) is 0 Å². The molecule has 0 amide bonds. The summed E-state index contributed by atoms with van der Waals surface area (Å²) in [5.74, 6) is 0. The van der Waals surface area contributed by atoms with E-state index in [0.717, 1.165) is 28.2 Å². The van der Waals surface area contributed by atoms with Crippen molar-refractivity contribution < 1.29 is 0 Å². The van der Waals surface area contributed by atoms with Gasteiger partial charge in [-0.15, -0.1) is 11.3 Å². The van der Waals surface area contributed by atoms with E-state index in [4.69, 9.17) is 5.10 Å². The lowest BCUT2D eigenvalue weighted by Gasteiger charge is -2.10. The maximum atomic E-state index is 5.10. The van der Waals surface area contributed by atoms with Crippen molar-refractivity contribution in [2.45, 2.75) is 0 Å². The lowest BCUT2D eigenvalue weighted by Crippen LogP contribution is -1.99. The fourth-order valence-corrected chi connectivity index (χ4v) is 4.22. The summed E-state index contributed by atoms with van der Waals surface area (Å²) >= 11 is 1.72. The van der Waals surface area contributed by atoms with Gasteiger partial charge in [0.15, 0.2) is 0 Å². The van der Waals surface area contributed by atoms with Gasteiger partial charge in [-0.2, -0.15) is 5.10 Å². The summed E-state index contributed by atoms with van der Waals surface area (Å²) in [6, 6.07) is 35.6. The van der Waals surface area contributed by atoms with Crippen LogP contribution in [0.15, 0.2) is 109 Å². The van der Waals surface area contributed by atoms with Gasteiger partial charge in [0.05, 0.1) is 16.3 Å². The van der Waals surface area contributed by atoms with E-state index < -0.39 is 0 Å². The van der Waals surface area contributed by atoms with E-state index in [1.807, 2.05) is 6.07 Å². The van der Waals surface area contributed by atoms with Crippen molar-refractivity contribution in [3.05, 3.63) is 109 Å². The Balaban J connectivity index is 1.89. The van der Waals surface area contributed by atoms with Crippen LogP contribution in [0.25, 0.3) is 38.6 Å². The zero-order chi connectivity index (χ0) is 18.8. The molecule has 0 saturated heterocycles. The Labute approximate surface area is 168 Å². The predicted octanol–water partition coefficient (Wildman–Crippen LogP) is 6.93. The van der Waals surface area contributed by atoms with E-state index in [1.165, 1.54) is 10.4 Å². The fourth-order valence-electron chi connectivity index (χ4n) is 3.50. The first-order valence-corrected chi connectivity index (χ1v) is 10.1. The van der Waals surface area contributed by atoms with Crippen molar-refractivity contribution in [2.24, 2.45) is 0 Å². The minimum Gasteiger partial charge on any atom is -0.232 e. The summed E-state index contributed by atoms with van der Waals surface area (Å²) in [6.45, 7) is 0. The lowest BCUT2D eigenvalue weighted by atomic mass is 9.98. The third-order valence-corrected chi connectivity index (χ3v) is 5.63. The smallest absolute Gasteiger partial charge is 0.111 e. The molecule has 0 aliphatic rings. The van der Waals surface area contributed by atoms with E-state index in [9.17, 15) is 0 Å². The van der Waals surface area contributed by atoms with Crippen LogP contribution in [0, 0.1) is 0 Å². The quantitative estimate of drug-likeness (QED) is 0.331. The third kappa shape index (κ3) is 2.96. The number of rotatable bonds is 4. The molecule has 0 aliphatic heterocycles. The Morgan fingerprint density at radius 2 is 1.21 bits per heavy atom. The molecule has 2 nitrogen and oxygen atoms in total. The first-order chi connectivity index (χ1) is 13.9. The molecule has 5 aromatic rings. The van der Waals surface area contributed by atoms with Crippen molar-refractivity contribution in [1.29, 1.82) is 0 Å². The average Bonchev–Trinajstić information content (AvgIpc) is 3.43. The summed E-state index contributed by atoms with van der Waals surface area (Å²) in [5, 5.41) is 7.21. The first kappa shape index (κ1) is 16.7. The van der Waals surface area contributed by atoms with Gasteiger partial charge in [-0.25, -0.2) is 4.68 Å². The van der Waals surface area contributed by atoms with Crippen LogP contribution in [0.1, 0.15) is 0 Å². The summed E-state index contributed by atoms with van der Waals surface area (Å²) in [5.41, 5.74) is 6.68. The van der Waals surface area contributed by atoms with Gasteiger partial charge in [-0.3, -0.25) is 0 Å². The number of hydrogen-bond acceptors (Lipinski definition) is 2. The number of benzene rings is 3. The third-order valence-electron chi connectivity index (χ3n) is 4.75. The molecule has 0 N–H and O–H groups in total. The number of para-hydroxylation sites is 1. The average molecular weight is 379 g/mol. The number of aromatic nitrogens is 2. The molecule has 0 atom stereocenters. The highest BCUT2D eigenvalue weighted by Crippen LogP contribution is 2.42. The molecule has 0 unspecified atom stereocenters. The number of thiophene rings is 1. The molecule has 3 heteroatoms. The van der Waals surface area contributed by atoms with Gasteiger partial charge in [0.2, 0.25) is 0 Å². The van der Waals surface area contributed by atoms with Gasteiger partial charge < -0.3 is 0 Å². The molecule has 3 aromatic carbocycles. The zero-order valence-electron chi connectivity index (χ0n) is 15.2. The maximum absolute atomic E-state index is 5.10. The number of nitrogens with zero attached hydrogens (tertiary/aromatic N) is 2. The fraction of sp³-hybridized carbons (Fsp3) is 0. The topological polar surface area (TPSA) is 17.8 Å². The molecule has 0 aliphatic carbocycles. The largest absolute Gasteiger partial charge is 0.232 e. The van der Waals surface area contributed by atoms with Crippen molar-refractivity contribution in [2.75, 3.05) is 0 Å². The second-order valence-electron chi connectivity index (χ2n) is 6.53. The van der Waals surface area contributed by atoms with Gasteiger partial charge in [-0.05, 0) is 29.1 Å². The molecule has 5 rings (SSSR count). The first-order valence-electron chi connectivity index (χ1n) is 9.25. The highest BCUT2D eigenvalue weighted by atomic mass is 32.1. The van der Waals surface area contributed by atoms with Crippen LogP contribution in [0.4, 0.5) is 0 Å². The SMILES string of the molecule is c1ccc(-c2c(-c3cccs3)nn(-c3ccccc3)c2-c2ccccc2)cc1. The molecule has 134 valence electrons. The Hall–Kier alpha value is -3.43. The van der Waals surface area contributed by atoms with Gasteiger partial charge in [0.1, 0.15) is 5.69 Å². The molecule has 2 aromatic heterocycles. The molecular weight excluding hydrogens is 360 g/mol. The monoisotopic (exact) mass is 378 g/mol. The van der Waals surface area contributed by atoms with E-state index in [-0.39, 0.29) is 0 Å². The minimum atomic E-state index is 1.02. The Morgan fingerprint density at radius 3 is 1.82 bits per heavy atom. The van der Waals surface area contributed by atoms with Crippen molar-refractivity contribution in [3.63, 3.8) is 0 Å². The molecule has 0 saturated carbocycles. The van der Waals surface area contributed by atoms with Crippen LogP contribution in [-0.4, -0.2) is 9.78 Å². The molecule has 28 heavy (non-hydrogen) atoms. The molecule has 2 heterocycles. The van der Waals surface area contributed by atoms with Crippen molar-refractivity contribution in [3.8, 4) is 38.6 Å². The molecule has 0 fully saturated rings. The van der Waals surface area contributed by atoms with Crippen LogP contribution < -0.4 is 0 Å². The minimum absolute atomic E-state index is 1.02. The van der Waals surface area contributed by atoms with Gasteiger partial charge in [0, 0.05) is 11.1 Å². The highest BCUT2D eigenvalue weighted by molar-refractivity contribution is 7.13. The van der Waals surface area contributed by atoms with Gasteiger partial charge in [0.25, 0.3) is 0 Å². The van der Waals surface area contributed by atoms with Crippen LogP contribution in [-0.2, 0) is 0 Å². The standard InChI is InChI=1S/C25H18N2S/c1-4-11-19(12-5-1)23-24(22-17-10-18-28-22)26-27(21-15-8-3-9-16-21)25(23)20-13-6-2-7-14-20/h1-18H. The highest BCUT2D eigenvalue weighted by Gasteiger charge is 2.23. The summed E-state index contributed by atoms with van der Waals surface area (Å²) in [7, 11) is 0. The summed E-state index contributed by atoms with van der Waals surface area (Å²) in [6.07, 6.45) is 0. The predicted molar refractivity (Wildman–Crippen MR) is 118 cm³/mol. The lowest BCUT2D eigenvalue weighted by molar-refractivity contribution is 0.893. The van der Waals surface area contributed by atoms with Crippen LogP contribution >= 0.6 is 11.3 Å². The Kier molecular flexibility index (Phi) is 4.36. The molecular formula is C25H18N2S. The van der Waals surface area contributed by atoms with Crippen molar-refractivity contribution >= 4 is 11.3 Å². The second kappa shape index (κ2) is 7.29. The maximum Gasteiger partial charge on any atom is 0.111 e. The normalized spacial score (nSPS) is 10.9. The van der Waals surface area contributed by atoms with Gasteiger partial charge in [-0.1, -0.05) is 84.9 Å². The second-order valence-corrected chi connectivity index (χ2v) is 7.48.